The second kappa shape index (κ2) is 8.83. The molecule has 0 unspecified atom stereocenters. The number of amides is 2. The summed E-state index contributed by atoms with van der Waals surface area (Å²) in [5.74, 6) is -0.0798. The lowest BCUT2D eigenvalue weighted by Crippen LogP contribution is -2.52. The number of piperazine rings is 1. The van der Waals surface area contributed by atoms with E-state index in [-0.39, 0.29) is 24.0 Å². The zero-order valence-electron chi connectivity index (χ0n) is 16.1. The van der Waals surface area contributed by atoms with Gasteiger partial charge in [-0.15, -0.1) is 0 Å². The molecule has 3 rings (SSSR count). The number of benzene rings is 1. The first kappa shape index (κ1) is 20.5. The summed E-state index contributed by atoms with van der Waals surface area (Å²) < 4.78 is 22.6. The molecule has 1 saturated heterocycles. The molecule has 0 spiro atoms. The van der Waals surface area contributed by atoms with Crippen molar-refractivity contribution < 1.29 is 18.0 Å². The van der Waals surface area contributed by atoms with Crippen molar-refractivity contribution in [2.24, 2.45) is 5.10 Å². The fourth-order valence-corrected chi connectivity index (χ4v) is 3.88. The number of carbonyl (C=O) groups is 2. The Bertz CT molecular complexity index is 846. The number of hydrogen-bond acceptors (Lipinski definition) is 6. The van der Waals surface area contributed by atoms with E-state index in [1.54, 1.807) is 4.90 Å². The first-order valence-corrected chi connectivity index (χ1v) is 11.5. The maximum atomic E-state index is 12.8. The van der Waals surface area contributed by atoms with E-state index in [0.29, 0.717) is 51.4 Å². The van der Waals surface area contributed by atoms with Crippen molar-refractivity contribution in [3.05, 3.63) is 35.9 Å². The molecule has 2 heterocycles. The van der Waals surface area contributed by atoms with Crippen LogP contribution in [0.1, 0.15) is 18.4 Å². The number of rotatable bonds is 6. The summed E-state index contributed by atoms with van der Waals surface area (Å²) in [6, 6.07) is 9.57. The van der Waals surface area contributed by atoms with E-state index in [2.05, 4.69) is 10.0 Å². The van der Waals surface area contributed by atoms with Crippen molar-refractivity contribution in [2.45, 2.75) is 19.4 Å². The van der Waals surface area contributed by atoms with Crippen molar-refractivity contribution in [1.29, 1.82) is 0 Å². The van der Waals surface area contributed by atoms with Gasteiger partial charge in [-0.05, 0) is 5.56 Å². The van der Waals surface area contributed by atoms with Crippen molar-refractivity contribution in [1.82, 2.24) is 14.8 Å². The molecule has 0 N–H and O–H groups in total. The van der Waals surface area contributed by atoms with Gasteiger partial charge in [0.2, 0.25) is 5.91 Å². The van der Waals surface area contributed by atoms with Gasteiger partial charge in [0.1, 0.15) is 15.5 Å². The molecule has 0 saturated carbocycles. The van der Waals surface area contributed by atoms with E-state index in [9.17, 15) is 18.0 Å². The highest BCUT2D eigenvalue weighted by Crippen LogP contribution is 2.15. The van der Waals surface area contributed by atoms with E-state index in [1.165, 1.54) is 11.3 Å². The number of hydrogen-bond donors (Lipinski definition) is 0. The summed E-state index contributed by atoms with van der Waals surface area (Å²) in [4.78, 5) is 28.8. The van der Waals surface area contributed by atoms with Crippen LogP contribution in [0.4, 0.5) is 0 Å². The number of hydrazone groups is 1. The summed E-state index contributed by atoms with van der Waals surface area (Å²) in [6.45, 7) is 3.20. The van der Waals surface area contributed by atoms with E-state index in [0.717, 1.165) is 5.56 Å². The Hall–Kier alpha value is -2.26. The van der Waals surface area contributed by atoms with Crippen LogP contribution in [0.2, 0.25) is 0 Å². The molecule has 1 aromatic carbocycles. The molecule has 0 aliphatic carbocycles. The highest BCUT2D eigenvalue weighted by Gasteiger charge is 2.29. The van der Waals surface area contributed by atoms with Crippen molar-refractivity contribution in [2.75, 3.05) is 44.7 Å². The van der Waals surface area contributed by atoms with Gasteiger partial charge in [0, 0.05) is 51.8 Å². The van der Waals surface area contributed by atoms with E-state index in [1.807, 2.05) is 30.3 Å². The van der Waals surface area contributed by atoms with Crippen molar-refractivity contribution in [3.63, 3.8) is 0 Å². The predicted octanol–water partition coefficient (Wildman–Crippen LogP) is 0.354. The summed E-state index contributed by atoms with van der Waals surface area (Å²) in [6.07, 6.45) is 1.87. The van der Waals surface area contributed by atoms with Gasteiger partial charge in [-0.2, -0.15) is 5.10 Å². The Morgan fingerprint density at radius 1 is 1.07 bits per heavy atom. The lowest BCUT2D eigenvalue weighted by Gasteiger charge is -2.35. The van der Waals surface area contributed by atoms with Gasteiger partial charge in [-0.3, -0.25) is 14.5 Å². The molecule has 2 aliphatic rings. The van der Waals surface area contributed by atoms with Gasteiger partial charge in [0.15, 0.2) is 0 Å². The standard InChI is InChI=1S/C19H26N4O4S/c1-28(26,27)14-13-21-9-11-22(12-10-21)19(25)17-7-8-18(24)23(20-17)15-16-5-3-2-4-6-16/h2-6H,7-15H2,1H3. The molecule has 9 heteroatoms. The minimum atomic E-state index is -2.99. The molecular weight excluding hydrogens is 380 g/mol. The Balaban J connectivity index is 1.58. The third-order valence-electron chi connectivity index (χ3n) is 4.96. The molecule has 0 radical (unpaired) electrons. The van der Waals surface area contributed by atoms with Crippen LogP contribution in [0.3, 0.4) is 0 Å². The Morgan fingerprint density at radius 3 is 2.39 bits per heavy atom. The average molecular weight is 407 g/mol. The fraction of sp³-hybridized carbons (Fsp3) is 0.526. The largest absolute Gasteiger partial charge is 0.335 e. The SMILES string of the molecule is CS(=O)(=O)CCN1CCN(C(=O)C2=NN(Cc3ccccc3)C(=O)CC2)CC1. The highest BCUT2D eigenvalue weighted by molar-refractivity contribution is 7.90. The average Bonchev–Trinajstić information content (AvgIpc) is 2.68. The van der Waals surface area contributed by atoms with Crippen LogP contribution in [0, 0.1) is 0 Å². The Kier molecular flexibility index (Phi) is 6.46. The molecule has 2 aliphatic heterocycles. The first-order valence-electron chi connectivity index (χ1n) is 9.43. The second-order valence-electron chi connectivity index (χ2n) is 7.25. The quantitative estimate of drug-likeness (QED) is 0.680. The van der Waals surface area contributed by atoms with Gasteiger partial charge in [0.05, 0.1) is 12.3 Å². The van der Waals surface area contributed by atoms with Crippen LogP contribution in [0.25, 0.3) is 0 Å². The smallest absolute Gasteiger partial charge is 0.270 e. The molecule has 0 aromatic heterocycles. The topological polar surface area (TPSA) is 90.4 Å². The van der Waals surface area contributed by atoms with E-state index < -0.39 is 9.84 Å². The van der Waals surface area contributed by atoms with Crippen LogP contribution in [-0.4, -0.2) is 85.5 Å². The predicted molar refractivity (Wildman–Crippen MR) is 106 cm³/mol. The van der Waals surface area contributed by atoms with Gasteiger partial charge in [0.25, 0.3) is 5.91 Å². The molecule has 8 nitrogen and oxygen atoms in total. The number of carbonyl (C=O) groups excluding carboxylic acids is 2. The molecule has 2 amide bonds. The first-order chi connectivity index (χ1) is 13.3. The van der Waals surface area contributed by atoms with Crippen LogP contribution >= 0.6 is 0 Å². The van der Waals surface area contributed by atoms with Crippen LogP contribution < -0.4 is 0 Å². The van der Waals surface area contributed by atoms with Crippen molar-refractivity contribution in [3.8, 4) is 0 Å². The van der Waals surface area contributed by atoms with Crippen LogP contribution in [-0.2, 0) is 26.0 Å². The number of nitrogens with zero attached hydrogens (tertiary/aromatic N) is 4. The molecular formula is C19H26N4O4S. The van der Waals surface area contributed by atoms with Gasteiger partial charge >= 0.3 is 0 Å². The molecule has 0 bridgehead atoms. The van der Waals surface area contributed by atoms with Gasteiger partial charge in [-0.1, -0.05) is 30.3 Å². The summed E-state index contributed by atoms with van der Waals surface area (Å²) in [7, 11) is -2.99. The maximum absolute atomic E-state index is 12.8. The normalized spacial score (nSPS) is 18.9. The number of sulfone groups is 1. The summed E-state index contributed by atoms with van der Waals surface area (Å²) in [5.41, 5.74) is 1.38. The van der Waals surface area contributed by atoms with E-state index >= 15 is 0 Å². The van der Waals surface area contributed by atoms with Gasteiger partial charge in [-0.25, -0.2) is 13.4 Å². The molecule has 28 heavy (non-hydrogen) atoms. The third kappa shape index (κ3) is 5.62. The second-order valence-corrected chi connectivity index (χ2v) is 9.51. The third-order valence-corrected chi connectivity index (χ3v) is 5.89. The minimum absolute atomic E-state index is 0.0778. The van der Waals surface area contributed by atoms with Crippen LogP contribution in [0.5, 0.6) is 0 Å². The zero-order valence-corrected chi connectivity index (χ0v) is 16.9. The Labute approximate surface area is 165 Å². The molecule has 1 aromatic rings. The minimum Gasteiger partial charge on any atom is -0.335 e. The highest BCUT2D eigenvalue weighted by atomic mass is 32.2. The molecule has 0 atom stereocenters. The molecule has 1 fully saturated rings. The fourth-order valence-electron chi connectivity index (χ4n) is 3.29. The van der Waals surface area contributed by atoms with Crippen molar-refractivity contribution >= 4 is 27.4 Å². The van der Waals surface area contributed by atoms with Gasteiger partial charge < -0.3 is 4.90 Å². The van der Waals surface area contributed by atoms with E-state index in [4.69, 9.17) is 0 Å². The lowest BCUT2D eigenvalue weighted by atomic mass is 10.1. The maximum Gasteiger partial charge on any atom is 0.270 e. The lowest BCUT2D eigenvalue weighted by molar-refractivity contribution is -0.132. The summed E-state index contributed by atoms with van der Waals surface area (Å²) in [5, 5.41) is 5.72. The van der Waals surface area contributed by atoms with Crippen LogP contribution in [0.15, 0.2) is 35.4 Å². The molecule has 152 valence electrons. The monoisotopic (exact) mass is 406 g/mol. The zero-order chi connectivity index (χ0) is 20.1. The Morgan fingerprint density at radius 2 is 1.75 bits per heavy atom. The summed E-state index contributed by atoms with van der Waals surface area (Å²) >= 11 is 0.